The maximum Gasteiger partial charge on any atom is 0.291 e. The molecule has 0 unspecified atom stereocenters. The molecule has 0 aliphatic carbocycles. The van der Waals surface area contributed by atoms with Gasteiger partial charge in [0.25, 0.3) is 11.8 Å². The van der Waals surface area contributed by atoms with Gasteiger partial charge >= 0.3 is 0 Å². The van der Waals surface area contributed by atoms with Gasteiger partial charge in [-0.2, -0.15) is 0 Å². The second-order valence-corrected chi connectivity index (χ2v) is 5.55. The Balaban J connectivity index is 1.63. The first-order valence-corrected chi connectivity index (χ1v) is 7.44. The number of ether oxygens (including phenoxy) is 2. The Labute approximate surface area is 111 Å². The lowest BCUT2D eigenvalue weighted by Crippen LogP contribution is -2.52. The van der Waals surface area contributed by atoms with E-state index in [4.69, 9.17) is 9.47 Å². The highest BCUT2D eigenvalue weighted by atomic mass is 32.1. The summed E-state index contributed by atoms with van der Waals surface area (Å²) >= 11 is 1.16. The zero-order valence-corrected chi connectivity index (χ0v) is 11.5. The van der Waals surface area contributed by atoms with Crippen molar-refractivity contribution < 1.29 is 9.47 Å². The van der Waals surface area contributed by atoms with Crippen molar-refractivity contribution in [2.45, 2.75) is 32.3 Å². The molecule has 5 nitrogen and oxygen atoms in total. The van der Waals surface area contributed by atoms with Crippen LogP contribution in [-0.2, 0) is 0 Å². The molecule has 4 rings (SSSR count). The van der Waals surface area contributed by atoms with Gasteiger partial charge < -0.3 is 9.47 Å². The summed E-state index contributed by atoms with van der Waals surface area (Å²) in [6.07, 6.45) is 3.72. The predicted octanol–water partition coefficient (Wildman–Crippen LogP) is 1.80. The summed E-state index contributed by atoms with van der Waals surface area (Å²) in [4.78, 5) is 2.47. The third kappa shape index (κ3) is 2.44. The van der Waals surface area contributed by atoms with Crippen LogP contribution < -0.4 is 9.47 Å². The van der Waals surface area contributed by atoms with Crippen LogP contribution in [0.15, 0.2) is 0 Å². The molecule has 3 fully saturated rings. The monoisotopic (exact) mass is 269 g/mol. The van der Waals surface area contributed by atoms with Gasteiger partial charge in [0.1, 0.15) is 6.10 Å². The van der Waals surface area contributed by atoms with E-state index in [-0.39, 0.29) is 6.10 Å². The van der Waals surface area contributed by atoms with Crippen LogP contribution in [0.4, 0.5) is 0 Å². The Morgan fingerprint density at radius 3 is 2.72 bits per heavy atom. The second kappa shape index (κ2) is 5.40. The van der Waals surface area contributed by atoms with E-state index in [1.165, 1.54) is 25.9 Å². The molecule has 0 spiro atoms. The number of aromatic nitrogens is 2. The van der Waals surface area contributed by atoms with Crippen molar-refractivity contribution >= 4 is 11.7 Å². The van der Waals surface area contributed by atoms with Gasteiger partial charge in [0, 0.05) is 6.54 Å². The quantitative estimate of drug-likeness (QED) is 0.815. The van der Waals surface area contributed by atoms with Crippen LogP contribution in [0.1, 0.15) is 26.2 Å². The minimum atomic E-state index is 0.264. The molecule has 3 aliphatic rings. The van der Waals surface area contributed by atoms with E-state index < -0.39 is 0 Å². The number of hydrogen-bond donors (Lipinski definition) is 0. The van der Waals surface area contributed by atoms with Gasteiger partial charge in [0.2, 0.25) is 0 Å². The molecule has 100 valence electrons. The molecule has 0 aromatic carbocycles. The van der Waals surface area contributed by atoms with Crippen LogP contribution in [0.2, 0.25) is 0 Å². The minimum Gasteiger partial charge on any atom is -0.473 e. The molecular weight excluding hydrogens is 250 g/mol. The van der Waals surface area contributed by atoms with Crippen molar-refractivity contribution in [3.63, 3.8) is 0 Å². The topological polar surface area (TPSA) is 47.5 Å². The molecule has 0 radical (unpaired) electrons. The Morgan fingerprint density at radius 1 is 1.28 bits per heavy atom. The van der Waals surface area contributed by atoms with Crippen molar-refractivity contribution in [1.82, 2.24) is 13.6 Å². The number of hydrogen-bond acceptors (Lipinski definition) is 6. The fraction of sp³-hybridized carbons (Fsp3) is 0.833. The Morgan fingerprint density at radius 2 is 2.06 bits per heavy atom. The summed E-state index contributed by atoms with van der Waals surface area (Å²) < 4.78 is 19.9. The van der Waals surface area contributed by atoms with Crippen LogP contribution >= 0.6 is 11.7 Å². The van der Waals surface area contributed by atoms with E-state index in [1.54, 1.807) is 0 Å². The Hall–Kier alpha value is -0.880. The van der Waals surface area contributed by atoms with E-state index in [0.717, 1.165) is 24.7 Å². The summed E-state index contributed by atoms with van der Waals surface area (Å²) in [6, 6.07) is 0. The molecule has 2 bridgehead atoms. The predicted molar refractivity (Wildman–Crippen MR) is 69.3 cm³/mol. The van der Waals surface area contributed by atoms with Crippen LogP contribution in [0, 0.1) is 5.92 Å². The second-order valence-electron chi connectivity index (χ2n) is 5.02. The third-order valence-corrected chi connectivity index (χ3v) is 4.23. The first-order valence-electron chi connectivity index (χ1n) is 6.71. The van der Waals surface area contributed by atoms with Gasteiger partial charge in [-0.1, -0.05) is 6.92 Å². The SMILES string of the molecule is CCCOc1nsnc1O[C@H]1CN2CCC1CC2. The van der Waals surface area contributed by atoms with Crippen molar-refractivity contribution in [3.8, 4) is 11.8 Å². The molecule has 4 heterocycles. The summed E-state index contributed by atoms with van der Waals surface area (Å²) in [6.45, 7) is 6.21. The van der Waals surface area contributed by atoms with Crippen LogP contribution in [-0.4, -0.2) is 46.0 Å². The molecule has 6 heteroatoms. The lowest BCUT2D eigenvalue weighted by Gasteiger charge is -2.43. The van der Waals surface area contributed by atoms with Gasteiger partial charge in [-0.05, 0) is 38.3 Å². The summed E-state index contributed by atoms with van der Waals surface area (Å²) in [7, 11) is 0. The molecule has 0 amide bonds. The highest BCUT2D eigenvalue weighted by Crippen LogP contribution is 2.33. The lowest BCUT2D eigenvalue weighted by molar-refractivity contribution is -0.0110. The van der Waals surface area contributed by atoms with Gasteiger partial charge in [-0.25, -0.2) is 0 Å². The summed E-state index contributed by atoms with van der Waals surface area (Å²) in [5.74, 6) is 1.83. The van der Waals surface area contributed by atoms with Gasteiger partial charge in [-0.15, -0.1) is 8.75 Å². The molecule has 1 atom stereocenters. The average molecular weight is 269 g/mol. The minimum absolute atomic E-state index is 0.264. The standard InChI is InChI=1S/C12H19N3O2S/c1-2-7-16-11-12(14-18-13-11)17-10-8-15-5-3-9(10)4-6-15/h9-10H,2-8H2,1H3/t10-/m0/s1. The maximum absolute atomic E-state index is 6.03. The van der Waals surface area contributed by atoms with Crippen molar-refractivity contribution in [2.75, 3.05) is 26.2 Å². The van der Waals surface area contributed by atoms with Crippen LogP contribution in [0.3, 0.4) is 0 Å². The van der Waals surface area contributed by atoms with E-state index >= 15 is 0 Å². The normalized spacial score (nSPS) is 30.4. The van der Waals surface area contributed by atoms with Crippen LogP contribution in [0.5, 0.6) is 11.8 Å². The zero-order chi connectivity index (χ0) is 12.4. The molecule has 3 aliphatic heterocycles. The van der Waals surface area contributed by atoms with Gasteiger partial charge in [0.15, 0.2) is 0 Å². The Bertz CT molecular complexity index is 390. The van der Waals surface area contributed by atoms with E-state index in [1.807, 2.05) is 0 Å². The fourth-order valence-corrected chi connectivity index (χ4v) is 3.16. The fourth-order valence-electron chi connectivity index (χ4n) is 2.72. The third-order valence-electron chi connectivity index (χ3n) is 3.73. The summed E-state index contributed by atoms with van der Waals surface area (Å²) in [5, 5.41) is 0. The highest BCUT2D eigenvalue weighted by molar-refractivity contribution is 6.99. The molecule has 0 N–H and O–H groups in total. The molecule has 18 heavy (non-hydrogen) atoms. The van der Waals surface area contributed by atoms with E-state index in [0.29, 0.717) is 24.3 Å². The van der Waals surface area contributed by atoms with E-state index in [9.17, 15) is 0 Å². The zero-order valence-electron chi connectivity index (χ0n) is 10.7. The van der Waals surface area contributed by atoms with E-state index in [2.05, 4.69) is 20.6 Å². The Kier molecular flexibility index (Phi) is 3.65. The molecular formula is C12H19N3O2S. The van der Waals surface area contributed by atoms with Crippen molar-refractivity contribution in [1.29, 1.82) is 0 Å². The summed E-state index contributed by atoms with van der Waals surface area (Å²) in [5.41, 5.74) is 0. The lowest BCUT2D eigenvalue weighted by atomic mass is 9.86. The largest absolute Gasteiger partial charge is 0.473 e. The van der Waals surface area contributed by atoms with Crippen molar-refractivity contribution in [3.05, 3.63) is 0 Å². The highest BCUT2D eigenvalue weighted by Gasteiger charge is 2.36. The molecule has 1 aromatic heterocycles. The van der Waals surface area contributed by atoms with Crippen molar-refractivity contribution in [2.24, 2.45) is 5.92 Å². The number of fused-ring (bicyclic) bond motifs is 3. The number of nitrogens with zero attached hydrogens (tertiary/aromatic N) is 3. The number of rotatable bonds is 5. The molecule has 0 saturated carbocycles. The first-order chi connectivity index (χ1) is 8.86. The van der Waals surface area contributed by atoms with Crippen LogP contribution in [0.25, 0.3) is 0 Å². The molecule has 1 aromatic rings. The van der Waals surface area contributed by atoms with Gasteiger partial charge in [0.05, 0.1) is 18.3 Å². The molecule has 3 saturated heterocycles. The smallest absolute Gasteiger partial charge is 0.291 e. The number of piperidine rings is 3. The maximum atomic E-state index is 6.03. The first kappa shape index (κ1) is 12.2. The average Bonchev–Trinajstić information content (AvgIpc) is 2.85. The van der Waals surface area contributed by atoms with Gasteiger partial charge in [-0.3, -0.25) is 4.90 Å².